The number of esters is 1. The Morgan fingerprint density at radius 3 is 2.71 bits per heavy atom. The van der Waals surface area contributed by atoms with Gasteiger partial charge in [0.2, 0.25) is 0 Å². The monoisotopic (exact) mass is 238 g/mol. The molecule has 6 heteroatoms. The highest BCUT2D eigenvalue weighted by molar-refractivity contribution is 5.99. The van der Waals surface area contributed by atoms with E-state index in [1.165, 1.54) is 0 Å². The number of nitrogens with two attached hydrogens (primary N) is 1. The predicted octanol–water partition coefficient (Wildman–Crippen LogP) is -0.468. The number of hydrogen-bond acceptors (Lipinski definition) is 5. The molecular weight excluding hydrogens is 224 g/mol. The summed E-state index contributed by atoms with van der Waals surface area (Å²) in [5.74, 6) is -1.25. The first kappa shape index (κ1) is 13.0. The molecule has 17 heavy (non-hydrogen) atoms. The maximum atomic E-state index is 11.6. The highest BCUT2D eigenvalue weighted by Gasteiger charge is 2.17. The van der Waals surface area contributed by atoms with E-state index in [4.69, 9.17) is 5.73 Å². The first-order valence-electron chi connectivity index (χ1n) is 4.95. The molecule has 4 N–H and O–H groups in total. The molecule has 0 aliphatic rings. The summed E-state index contributed by atoms with van der Waals surface area (Å²) in [5.41, 5.74) is 6.23. The van der Waals surface area contributed by atoms with E-state index in [9.17, 15) is 14.7 Å². The minimum absolute atomic E-state index is 0.222. The van der Waals surface area contributed by atoms with Gasteiger partial charge in [-0.1, -0.05) is 12.1 Å². The number of benzene rings is 1. The van der Waals surface area contributed by atoms with Crippen molar-refractivity contribution in [3.63, 3.8) is 0 Å². The molecule has 0 aliphatic heterocycles. The molecule has 0 aliphatic carbocycles. The van der Waals surface area contributed by atoms with Crippen molar-refractivity contribution in [1.29, 1.82) is 0 Å². The number of nitrogens with one attached hydrogen (secondary N) is 1. The zero-order valence-electron chi connectivity index (χ0n) is 9.34. The molecular formula is C11H14N2O4. The molecule has 0 spiro atoms. The van der Waals surface area contributed by atoms with Crippen molar-refractivity contribution in [3.05, 3.63) is 29.8 Å². The fraction of sp³-hybridized carbons (Fsp3) is 0.273. The van der Waals surface area contributed by atoms with Crippen LogP contribution in [0.3, 0.4) is 0 Å². The highest BCUT2D eigenvalue weighted by Crippen LogP contribution is 2.09. The third kappa shape index (κ3) is 3.46. The first-order chi connectivity index (χ1) is 8.06. The molecule has 1 rings (SSSR count). The summed E-state index contributed by atoms with van der Waals surface area (Å²) in [4.78, 5) is 22.5. The zero-order chi connectivity index (χ0) is 12.8. The summed E-state index contributed by atoms with van der Waals surface area (Å²) in [7, 11) is 1.16. The number of amides is 1. The van der Waals surface area contributed by atoms with E-state index in [0.29, 0.717) is 11.3 Å². The normalized spacial score (nSPS) is 11.6. The van der Waals surface area contributed by atoms with Crippen LogP contribution in [0.5, 0.6) is 0 Å². The lowest BCUT2D eigenvalue weighted by Gasteiger charge is -2.10. The zero-order valence-corrected chi connectivity index (χ0v) is 9.34. The van der Waals surface area contributed by atoms with Gasteiger partial charge in [-0.05, 0) is 12.1 Å². The number of ether oxygens (including phenoxy) is 1. The van der Waals surface area contributed by atoms with Gasteiger partial charge in [0, 0.05) is 5.69 Å². The van der Waals surface area contributed by atoms with Gasteiger partial charge in [-0.2, -0.15) is 0 Å². The van der Waals surface area contributed by atoms with Crippen LogP contribution in [0, 0.1) is 0 Å². The standard InChI is InChI=1S/C11H14N2O4/c1-17-11(16)9(14)6-13-10(15)7-4-2-3-5-8(7)12/h2-5,9,14H,6,12H2,1H3,(H,13,15). The van der Waals surface area contributed by atoms with Gasteiger partial charge in [-0.15, -0.1) is 0 Å². The van der Waals surface area contributed by atoms with Crippen LogP contribution in [0.25, 0.3) is 0 Å². The van der Waals surface area contributed by atoms with Crippen LogP contribution in [0.4, 0.5) is 5.69 Å². The molecule has 92 valence electrons. The maximum Gasteiger partial charge on any atom is 0.336 e. The Balaban J connectivity index is 2.57. The van der Waals surface area contributed by atoms with Crippen molar-refractivity contribution in [2.45, 2.75) is 6.10 Å². The van der Waals surface area contributed by atoms with Crippen molar-refractivity contribution < 1.29 is 19.4 Å². The van der Waals surface area contributed by atoms with E-state index in [2.05, 4.69) is 10.1 Å². The van der Waals surface area contributed by atoms with Gasteiger partial charge >= 0.3 is 5.97 Å². The van der Waals surface area contributed by atoms with Crippen LogP contribution in [-0.2, 0) is 9.53 Å². The number of rotatable bonds is 4. The van der Waals surface area contributed by atoms with Gasteiger partial charge in [-0.25, -0.2) is 4.79 Å². The summed E-state index contributed by atoms with van der Waals surface area (Å²) >= 11 is 0. The van der Waals surface area contributed by atoms with Gasteiger partial charge < -0.3 is 20.9 Å². The van der Waals surface area contributed by atoms with E-state index < -0.39 is 18.0 Å². The third-order valence-corrected chi connectivity index (χ3v) is 2.13. The molecule has 1 aromatic rings. The molecule has 0 aromatic heterocycles. The number of nitrogen functional groups attached to an aromatic ring is 1. The number of carbonyl (C=O) groups is 2. The predicted molar refractivity (Wildman–Crippen MR) is 61.2 cm³/mol. The minimum Gasteiger partial charge on any atom is -0.467 e. The lowest BCUT2D eigenvalue weighted by atomic mass is 10.1. The second kappa shape index (κ2) is 5.86. The van der Waals surface area contributed by atoms with Crippen molar-refractivity contribution in [1.82, 2.24) is 5.32 Å². The van der Waals surface area contributed by atoms with E-state index in [-0.39, 0.29) is 6.54 Å². The average molecular weight is 238 g/mol. The van der Waals surface area contributed by atoms with Crippen molar-refractivity contribution in [2.24, 2.45) is 0 Å². The second-order valence-electron chi connectivity index (χ2n) is 3.34. The molecule has 0 saturated carbocycles. The van der Waals surface area contributed by atoms with Crippen LogP contribution in [0.15, 0.2) is 24.3 Å². The lowest BCUT2D eigenvalue weighted by molar-refractivity contribution is -0.149. The number of anilines is 1. The average Bonchev–Trinajstić information content (AvgIpc) is 2.35. The Kier molecular flexibility index (Phi) is 4.47. The Morgan fingerprint density at radius 2 is 2.12 bits per heavy atom. The third-order valence-electron chi connectivity index (χ3n) is 2.13. The van der Waals surface area contributed by atoms with Crippen molar-refractivity contribution in [3.8, 4) is 0 Å². The van der Waals surface area contributed by atoms with Gasteiger partial charge in [0.25, 0.3) is 5.91 Å². The van der Waals surface area contributed by atoms with Crippen LogP contribution in [0.1, 0.15) is 10.4 Å². The van der Waals surface area contributed by atoms with Crippen LogP contribution in [-0.4, -0.2) is 36.7 Å². The fourth-order valence-corrected chi connectivity index (χ4v) is 1.21. The smallest absolute Gasteiger partial charge is 0.336 e. The number of aliphatic hydroxyl groups excluding tert-OH is 1. The molecule has 1 aromatic carbocycles. The Morgan fingerprint density at radius 1 is 1.47 bits per heavy atom. The Labute approximate surface area is 98.4 Å². The van der Waals surface area contributed by atoms with Crippen molar-refractivity contribution >= 4 is 17.6 Å². The summed E-state index contributed by atoms with van der Waals surface area (Å²) in [6, 6.07) is 6.51. The molecule has 1 atom stereocenters. The fourth-order valence-electron chi connectivity index (χ4n) is 1.21. The molecule has 0 saturated heterocycles. The molecule has 0 bridgehead atoms. The summed E-state index contributed by atoms with van der Waals surface area (Å²) in [6.07, 6.45) is -1.38. The maximum absolute atomic E-state index is 11.6. The van der Waals surface area contributed by atoms with E-state index in [1.807, 2.05) is 0 Å². The minimum atomic E-state index is -1.38. The van der Waals surface area contributed by atoms with Gasteiger partial charge in [0.05, 0.1) is 19.2 Å². The molecule has 1 unspecified atom stereocenters. The molecule has 0 fully saturated rings. The quantitative estimate of drug-likeness (QED) is 0.486. The van der Waals surface area contributed by atoms with Crippen LogP contribution < -0.4 is 11.1 Å². The highest BCUT2D eigenvalue weighted by atomic mass is 16.5. The van der Waals surface area contributed by atoms with E-state index in [1.54, 1.807) is 24.3 Å². The number of hydrogen-bond donors (Lipinski definition) is 3. The van der Waals surface area contributed by atoms with Gasteiger partial charge in [0.1, 0.15) is 0 Å². The van der Waals surface area contributed by atoms with E-state index >= 15 is 0 Å². The number of methoxy groups -OCH3 is 1. The Bertz CT molecular complexity index is 420. The summed E-state index contributed by atoms with van der Waals surface area (Å²) in [6.45, 7) is -0.222. The Hall–Kier alpha value is -2.08. The number of aliphatic hydroxyl groups is 1. The molecule has 1 amide bonds. The van der Waals surface area contributed by atoms with Crippen LogP contribution >= 0.6 is 0 Å². The SMILES string of the molecule is COC(=O)C(O)CNC(=O)c1ccccc1N. The lowest BCUT2D eigenvalue weighted by Crippen LogP contribution is -2.37. The largest absolute Gasteiger partial charge is 0.467 e. The molecule has 0 heterocycles. The van der Waals surface area contributed by atoms with Gasteiger partial charge in [0.15, 0.2) is 6.10 Å². The van der Waals surface area contributed by atoms with Crippen molar-refractivity contribution in [2.75, 3.05) is 19.4 Å². The van der Waals surface area contributed by atoms with Gasteiger partial charge in [-0.3, -0.25) is 4.79 Å². The van der Waals surface area contributed by atoms with Crippen LogP contribution in [0.2, 0.25) is 0 Å². The summed E-state index contributed by atoms with van der Waals surface area (Å²) in [5, 5.41) is 11.6. The molecule has 6 nitrogen and oxygen atoms in total. The molecule has 0 radical (unpaired) electrons. The first-order valence-corrected chi connectivity index (χ1v) is 4.95. The van der Waals surface area contributed by atoms with E-state index in [0.717, 1.165) is 7.11 Å². The summed E-state index contributed by atoms with van der Waals surface area (Å²) < 4.78 is 4.31. The number of para-hydroxylation sites is 1. The second-order valence-corrected chi connectivity index (χ2v) is 3.34. The topological polar surface area (TPSA) is 102 Å². The number of carbonyl (C=O) groups excluding carboxylic acids is 2.